The number of hydrogen-bond acceptors (Lipinski definition) is 3. The SMILES string of the molecule is CC(NC(=O)C(=O)Nc1c[nH]c2ccncc12)c1ccc(C(F)(F)F)cc1. The summed E-state index contributed by atoms with van der Waals surface area (Å²) in [6.45, 7) is 1.57. The van der Waals surface area contributed by atoms with Crippen molar-refractivity contribution in [2.75, 3.05) is 5.32 Å². The standard InChI is InChI=1S/C18H15F3N4O2/c1-10(11-2-4-12(5-3-11)18(19,20)21)24-16(26)17(27)25-15-9-23-14-6-7-22-8-13(14)15/h2-10,23H,1H3,(H,24,26)(H,25,27). The molecule has 0 spiro atoms. The second-order valence-corrected chi connectivity index (χ2v) is 5.89. The third kappa shape index (κ3) is 4.08. The molecule has 0 aliphatic carbocycles. The summed E-state index contributed by atoms with van der Waals surface area (Å²) in [5, 5.41) is 5.58. The van der Waals surface area contributed by atoms with Crippen LogP contribution < -0.4 is 10.6 Å². The average molecular weight is 376 g/mol. The maximum atomic E-state index is 12.6. The van der Waals surface area contributed by atoms with E-state index < -0.39 is 29.6 Å². The maximum absolute atomic E-state index is 12.6. The Morgan fingerprint density at radius 3 is 2.48 bits per heavy atom. The van der Waals surface area contributed by atoms with Gasteiger partial charge in [-0.25, -0.2) is 0 Å². The van der Waals surface area contributed by atoms with Gasteiger partial charge in [0.2, 0.25) is 0 Å². The zero-order valence-electron chi connectivity index (χ0n) is 14.1. The fourth-order valence-electron chi connectivity index (χ4n) is 2.55. The highest BCUT2D eigenvalue weighted by Crippen LogP contribution is 2.30. The van der Waals surface area contributed by atoms with Crippen molar-refractivity contribution in [1.29, 1.82) is 0 Å². The van der Waals surface area contributed by atoms with Crippen molar-refractivity contribution >= 4 is 28.4 Å². The third-order valence-corrected chi connectivity index (χ3v) is 4.02. The van der Waals surface area contributed by atoms with E-state index >= 15 is 0 Å². The molecule has 1 unspecified atom stereocenters. The number of H-pyrrole nitrogens is 1. The molecule has 27 heavy (non-hydrogen) atoms. The number of hydrogen-bond donors (Lipinski definition) is 3. The fourth-order valence-corrected chi connectivity index (χ4v) is 2.55. The van der Waals surface area contributed by atoms with Crippen molar-refractivity contribution in [3.63, 3.8) is 0 Å². The number of halogens is 3. The summed E-state index contributed by atoms with van der Waals surface area (Å²) in [5.41, 5.74) is 0.815. The molecule has 0 saturated carbocycles. The molecule has 2 aromatic heterocycles. The first kappa shape index (κ1) is 18.4. The Bertz CT molecular complexity index is 980. The lowest BCUT2D eigenvalue weighted by molar-refractivity contribution is -0.137. The van der Waals surface area contributed by atoms with Crippen LogP contribution in [0.5, 0.6) is 0 Å². The van der Waals surface area contributed by atoms with Crippen LogP contribution in [0.3, 0.4) is 0 Å². The van der Waals surface area contributed by atoms with E-state index in [0.717, 1.165) is 17.6 Å². The van der Waals surface area contributed by atoms with E-state index in [9.17, 15) is 22.8 Å². The summed E-state index contributed by atoms with van der Waals surface area (Å²) in [6.07, 6.45) is 0.239. The van der Waals surface area contributed by atoms with Crippen molar-refractivity contribution < 1.29 is 22.8 Å². The molecule has 3 aromatic rings. The van der Waals surface area contributed by atoms with E-state index in [-0.39, 0.29) is 0 Å². The zero-order chi connectivity index (χ0) is 19.6. The summed E-state index contributed by atoms with van der Waals surface area (Å²) < 4.78 is 37.8. The molecular weight excluding hydrogens is 361 g/mol. The molecule has 9 heteroatoms. The Morgan fingerprint density at radius 2 is 1.81 bits per heavy atom. The second-order valence-electron chi connectivity index (χ2n) is 5.89. The van der Waals surface area contributed by atoms with Crippen LogP contribution in [-0.2, 0) is 15.8 Å². The van der Waals surface area contributed by atoms with Crippen LogP contribution in [0, 0.1) is 0 Å². The minimum absolute atomic E-state index is 0.403. The molecule has 0 aliphatic rings. The van der Waals surface area contributed by atoms with Gasteiger partial charge in [0.05, 0.1) is 22.8 Å². The van der Waals surface area contributed by atoms with Gasteiger partial charge in [0, 0.05) is 24.0 Å². The minimum atomic E-state index is -4.43. The first-order chi connectivity index (χ1) is 12.8. The molecule has 0 radical (unpaired) electrons. The Kier molecular flexibility index (Phi) is 4.85. The van der Waals surface area contributed by atoms with E-state index in [4.69, 9.17) is 0 Å². The highest BCUT2D eigenvalue weighted by molar-refractivity contribution is 6.40. The molecule has 3 N–H and O–H groups in total. The number of carbonyl (C=O) groups excluding carboxylic acids is 2. The van der Waals surface area contributed by atoms with Gasteiger partial charge < -0.3 is 15.6 Å². The molecule has 0 aliphatic heterocycles. The topological polar surface area (TPSA) is 86.9 Å². The van der Waals surface area contributed by atoms with Crippen LogP contribution in [0.2, 0.25) is 0 Å². The quantitative estimate of drug-likeness (QED) is 0.613. The van der Waals surface area contributed by atoms with Crippen LogP contribution in [0.4, 0.5) is 18.9 Å². The largest absolute Gasteiger partial charge is 0.416 e. The van der Waals surface area contributed by atoms with E-state index in [1.54, 1.807) is 25.4 Å². The van der Waals surface area contributed by atoms with E-state index in [0.29, 0.717) is 16.6 Å². The van der Waals surface area contributed by atoms with Gasteiger partial charge in [-0.1, -0.05) is 12.1 Å². The number of alkyl halides is 3. The molecule has 1 aromatic carbocycles. The molecule has 6 nitrogen and oxygen atoms in total. The molecule has 2 heterocycles. The predicted octanol–water partition coefficient (Wildman–Crippen LogP) is 3.40. The lowest BCUT2D eigenvalue weighted by Crippen LogP contribution is -2.36. The van der Waals surface area contributed by atoms with Crippen molar-refractivity contribution in [3.05, 3.63) is 60.0 Å². The van der Waals surface area contributed by atoms with Gasteiger partial charge in [-0.15, -0.1) is 0 Å². The number of aromatic amines is 1. The number of carbonyl (C=O) groups is 2. The van der Waals surface area contributed by atoms with Crippen molar-refractivity contribution in [2.45, 2.75) is 19.1 Å². The summed E-state index contributed by atoms with van der Waals surface area (Å²) in [6, 6.07) is 5.45. The molecular formula is C18H15F3N4O2. The molecule has 140 valence electrons. The summed E-state index contributed by atoms with van der Waals surface area (Å²) >= 11 is 0. The Balaban J connectivity index is 1.64. The highest BCUT2D eigenvalue weighted by Gasteiger charge is 2.30. The Morgan fingerprint density at radius 1 is 1.11 bits per heavy atom. The van der Waals surface area contributed by atoms with Crippen molar-refractivity contribution in [1.82, 2.24) is 15.3 Å². The molecule has 2 amide bonds. The third-order valence-electron chi connectivity index (χ3n) is 4.02. The van der Waals surface area contributed by atoms with Crippen LogP contribution in [-0.4, -0.2) is 21.8 Å². The molecule has 1 atom stereocenters. The summed E-state index contributed by atoms with van der Waals surface area (Å²) in [5.74, 6) is -1.79. The smallest absolute Gasteiger partial charge is 0.359 e. The number of nitrogens with zero attached hydrogens (tertiary/aromatic N) is 1. The van der Waals surface area contributed by atoms with Crippen molar-refractivity contribution in [2.24, 2.45) is 0 Å². The van der Waals surface area contributed by atoms with Crippen molar-refractivity contribution in [3.8, 4) is 0 Å². The summed E-state index contributed by atoms with van der Waals surface area (Å²) in [4.78, 5) is 31.1. The first-order valence-corrected chi connectivity index (χ1v) is 7.96. The number of anilines is 1. The van der Waals surface area contributed by atoms with Gasteiger partial charge in [-0.3, -0.25) is 14.6 Å². The van der Waals surface area contributed by atoms with Gasteiger partial charge in [0.25, 0.3) is 0 Å². The number of benzene rings is 1. The minimum Gasteiger partial charge on any atom is -0.359 e. The monoisotopic (exact) mass is 376 g/mol. The average Bonchev–Trinajstić information content (AvgIpc) is 3.04. The van der Waals surface area contributed by atoms with Gasteiger partial charge in [-0.05, 0) is 30.7 Å². The number of nitrogens with one attached hydrogen (secondary N) is 3. The summed E-state index contributed by atoms with van der Waals surface area (Å²) in [7, 11) is 0. The van der Waals surface area contributed by atoms with Gasteiger partial charge >= 0.3 is 18.0 Å². The number of aromatic nitrogens is 2. The van der Waals surface area contributed by atoms with E-state index in [2.05, 4.69) is 20.6 Å². The first-order valence-electron chi connectivity index (χ1n) is 7.96. The molecule has 0 bridgehead atoms. The van der Waals surface area contributed by atoms with Gasteiger partial charge in [-0.2, -0.15) is 13.2 Å². The number of rotatable bonds is 3. The molecule has 0 fully saturated rings. The van der Waals surface area contributed by atoms with E-state index in [1.807, 2.05) is 0 Å². The number of amides is 2. The second kappa shape index (κ2) is 7.10. The predicted molar refractivity (Wildman–Crippen MR) is 92.7 cm³/mol. The van der Waals surface area contributed by atoms with Crippen LogP contribution in [0.1, 0.15) is 24.1 Å². The normalized spacial score (nSPS) is 12.6. The van der Waals surface area contributed by atoms with Crippen LogP contribution in [0.15, 0.2) is 48.9 Å². The fraction of sp³-hybridized carbons (Fsp3) is 0.167. The zero-order valence-corrected chi connectivity index (χ0v) is 14.1. The van der Waals surface area contributed by atoms with E-state index in [1.165, 1.54) is 18.3 Å². The lowest BCUT2D eigenvalue weighted by atomic mass is 10.1. The number of pyridine rings is 1. The van der Waals surface area contributed by atoms with Gasteiger partial charge in [0.15, 0.2) is 0 Å². The van der Waals surface area contributed by atoms with Gasteiger partial charge in [0.1, 0.15) is 0 Å². The molecule has 3 rings (SSSR count). The van der Waals surface area contributed by atoms with Crippen LogP contribution in [0.25, 0.3) is 10.9 Å². The number of fused-ring (bicyclic) bond motifs is 1. The Labute approximate surface area is 151 Å². The Hall–Kier alpha value is -3.36. The molecule has 0 saturated heterocycles. The van der Waals surface area contributed by atoms with Crippen LogP contribution >= 0.6 is 0 Å². The lowest BCUT2D eigenvalue weighted by Gasteiger charge is -2.15. The highest BCUT2D eigenvalue weighted by atomic mass is 19.4. The maximum Gasteiger partial charge on any atom is 0.416 e.